The quantitative estimate of drug-likeness (QED) is 0.300. The zero-order valence-corrected chi connectivity index (χ0v) is 14.7. The highest BCUT2D eigenvalue weighted by molar-refractivity contribution is 6.40. The van der Waals surface area contributed by atoms with Gasteiger partial charge in [-0.05, 0) is 12.5 Å². The summed E-state index contributed by atoms with van der Waals surface area (Å²) in [6.45, 7) is 1.70. The van der Waals surface area contributed by atoms with Gasteiger partial charge in [0.25, 0.3) is 5.78 Å². The summed E-state index contributed by atoms with van der Waals surface area (Å²) in [6, 6.07) is 15.5. The van der Waals surface area contributed by atoms with Gasteiger partial charge < -0.3 is 19.7 Å². The van der Waals surface area contributed by atoms with Crippen molar-refractivity contribution in [1.82, 2.24) is 0 Å². The largest absolute Gasteiger partial charge is 0.479 e. The molecule has 0 bridgehead atoms. The molecule has 2 unspecified atom stereocenters. The highest BCUT2D eigenvalue weighted by Gasteiger charge is 2.42. The van der Waals surface area contributed by atoms with E-state index in [9.17, 15) is 24.6 Å². The molecule has 0 aliphatic heterocycles. The molecule has 0 radical (unpaired) electrons. The van der Waals surface area contributed by atoms with Crippen molar-refractivity contribution < 1.29 is 34.1 Å². The van der Waals surface area contributed by atoms with Gasteiger partial charge >= 0.3 is 11.9 Å². The fraction of sp³-hybridized carbons (Fsp3) is 0.250. The van der Waals surface area contributed by atoms with E-state index in [1.54, 1.807) is 43.3 Å². The maximum atomic E-state index is 12.1. The van der Waals surface area contributed by atoms with Crippen LogP contribution in [0.25, 0.3) is 0 Å². The maximum Gasteiger partial charge on any atom is 0.381 e. The van der Waals surface area contributed by atoms with Gasteiger partial charge in [-0.1, -0.05) is 60.7 Å². The Morgan fingerprint density at radius 1 is 1.00 bits per heavy atom. The molecule has 0 aromatic heterocycles. The van der Waals surface area contributed by atoms with Gasteiger partial charge in [-0.15, -0.1) is 0 Å². The number of hydrogen-bond acceptors (Lipinski definition) is 6. The molecule has 0 heterocycles. The molecular formula is C20H20O7. The molecule has 2 atom stereocenters. The predicted octanol–water partition coefficient (Wildman–Crippen LogP) is 2.14. The number of carbonyl (C=O) groups is 3. The number of hydrogen-bond donors (Lipinski definition) is 2. The number of carbonyl (C=O) groups excluding carboxylic acids is 2. The third-order valence-electron chi connectivity index (χ3n) is 3.88. The fourth-order valence-corrected chi connectivity index (χ4v) is 2.48. The first kappa shape index (κ1) is 20.3. The Morgan fingerprint density at radius 2 is 1.56 bits per heavy atom. The van der Waals surface area contributed by atoms with Crippen molar-refractivity contribution in [2.45, 2.75) is 25.2 Å². The van der Waals surface area contributed by atoms with Gasteiger partial charge in [0.1, 0.15) is 0 Å². The second-order valence-electron chi connectivity index (χ2n) is 5.72. The Bertz CT molecular complexity index is 788. The van der Waals surface area contributed by atoms with E-state index in [1.807, 2.05) is 0 Å². The molecule has 0 amide bonds. The number of Topliss-reactive ketones (excluding diaryl/α,β-unsaturated/α-hetero) is 1. The zero-order valence-electron chi connectivity index (χ0n) is 14.7. The molecule has 2 aromatic carbocycles. The summed E-state index contributed by atoms with van der Waals surface area (Å²) in [5, 5.41) is 20.2. The van der Waals surface area contributed by atoms with Crippen LogP contribution < -0.4 is 0 Å². The second kappa shape index (κ2) is 9.07. The van der Waals surface area contributed by atoms with Crippen LogP contribution >= 0.6 is 0 Å². The molecule has 2 aromatic rings. The van der Waals surface area contributed by atoms with E-state index >= 15 is 0 Å². The topological polar surface area (TPSA) is 110 Å². The Kier molecular flexibility index (Phi) is 6.81. The van der Waals surface area contributed by atoms with Gasteiger partial charge in [0.15, 0.2) is 5.60 Å². The van der Waals surface area contributed by atoms with Crippen molar-refractivity contribution >= 4 is 17.7 Å². The highest BCUT2D eigenvalue weighted by atomic mass is 16.7. The average molecular weight is 372 g/mol. The van der Waals surface area contributed by atoms with Crippen LogP contribution in [0.1, 0.15) is 29.3 Å². The molecule has 27 heavy (non-hydrogen) atoms. The number of ketones is 1. The molecular weight excluding hydrogens is 352 g/mol. The van der Waals surface area contributed by atoms with Crippen LogP contribution in [0.2, 0.25) is 0 Å². The molecule has 0 aliphatic rings. The summed E-state index contributed by atoms with van der Waals surface area (Å²) in [5.41, 5.74) is -2.11. The van der Waals surface area contributed by atoms with Gasteiger partial charge in [0, 0.05) is 12.2 Å². The fourth-order valence-electron chi connectivity index (χ4n) is 2.48. The van der Waals surface area contributed by atoms with E-state index in [0.717, 1.165) is 0 Å². The standard InChI is InChI=1S/C20H20O7/c1-2-26-16(27-18(22)17(21)14-9-5-3-6-10-14)13-20(25,19(23)24)15-11-7-4-8-12-15/h3-12,16,25H,2,13H2,1H3,(H,23,24). The van der Waals surface area contributed by atoms with E-state index in [1.165, 1.54) is 24.3 Å². The summed E-state index contributed by atoms with van der Waals surface area (Å²) in [6.07, 6.45) is -2.00. The molecule has 0 aliphatic carbocycles. The number of ether oxygens (including phenoxy) is 2. The van der Waals surface area contributed by atoms with E-state index in [4.69, 9.17) is 9.47 Å². The van der Waals surface area contributed by atoms with Gasteiger partial charge in [-0.3, -0.25) is 4.79 Å². The third-order valence-corrected chi connectivity index (χ3v) is 3.88. The number of benzene rings is 2. The van der Waals surface area contributed by atoms with Gasteiger partial charge in [-0.2, -0.15) is 0 Å². The lowest BCUT2D eigenvalue weighted by molar-refractivity contribution is -0.195. The Labute approximate surface area is 156 Å². The normalized spacial score (nSPS) is 14.0. The third kappa shape index (κ3) is 4.99. The first-order chi connectivity index (χ1) is 12.9. The molecule has 0 saturated heterocycles. The lowest BCUT2D eigenvalue weighted by Gasteiger charge is -2.28. The molecule has 7 nitrogen and oxygen atoms in total. The van der Waals surface area contributed by atoms with Crippen LogP contribution in [-0.4, -0.2) is 40.8 Å². The molecule has 7 heteroatoms. The minimum atomic E-state index is -2.35. The average Bonchev–Trinajstić information content (AvgIpc) is 2.68. The van der Waals surface area contributed by atoms with Gasteiger partial charge in [0.05, 0.1) is 6.42 Å². The first-order valence-electron chi connectivity index (χ1n) is 8.31. The number of rotatable bonds is 9. The highest BCUT2D eigenvalue weighted by Crippen LogP contribution is 2.28. The zero-order chi connectivity index (χ0) is 19.9. The lowest BCUT2D eigenvalue weighted by Crippen LogP contribution is -2.41. The molecule has 2 rings (SSSR count). The van der Waals surface area contributed by atoms with Crippen molar-refractivity contribution in [2.75, 3.05) is 6.61 Å². The van der Waals surface area contributed by atoms with Gasteiger partial charge in [-0.25, -0.2) is 9.59 Å². The first-order valence-corrected chi connectivity index (χ1v) is 8.31. The Balaban J connectivity index is 2.19. The van der Waals surface area contributed by atoms with Crippen molar-refractivity contribution in [2.24, 2.45) is 0 Å². The number of esters is 1. The number of carboxylic acid groups (broad SMARTS) is 1. The van der Waals surface area contributed by atoms with Crippen LogP contribution in [-0.2, 0) is 24.7 Å². The summed E-state index contributed by atoms with van der Waals surface area (Å²) in [5.74, 6) is -3.61. The SMILES string of the molecule is CCOC(CC(O)(C(=O)O)c1ccccc1)OC(=O)C(=O)c1ccccc1. The Morgan fingerprint density at radius 3 is 2.07 bits per heavy atom. The molecule has 0 fully saturated rings. The van der Waals surface area contributed by atoms with E-state index in [0.29, 0.717) is 0 Å². The predicted molar refractivity (Wildman–Crippen MR) is 94.9 cm³/mol. The molecule has 2 N–H and O–H groups in total. The monoisotopic (exact) mass is 372 g/mol. The summed E-state index contributed by atoms with van der Waals surface area (Å²) >= 11 is 0. The van der Waals surface area contributed by atoms with E-state index < -0.39 is 36.0 Å². The molecule has 0 spiro atoms. The molecule has 0 saturated carbocycles. The van der Waals surface area contributed by atoms with Crippen molar-refractivity contribution in [3.63, 3.8) is 0 Å². The van der Waals surface area contributed by atoms with Crippen molar-refractivity contribution in [1.29, 1.82) is 0 Å². The summed E-state index contributed by atoms with van der Waals surface area (Å²) in [7, 11) is 0. The summed E-state index contributed by atoms with van der Waals surface area (Å²) in [4.78, 5) is 36.0. The lowest BCUT2D eigenvalue weighted by atomic mass is 9.90. The van der Waals surface area contributed by atoms with E-state index in [-0.39, 0.29) is 17.7 Å². The minimum Gasteiger partial charge on any atom is -0.479 e. The number of carboxylic acids is 1. The van der Waals surface area contributed by atoms with Crippen LogP contribution in [0.15, 0.2) is 60.7 Å². The maximum absolute atomic E-state index is 12.1. The number of aliphatic carboxylic acids is 1. The van der Waals surface area contributed by atoms with Crippen molar-refractivity contribution in [3.8, 4) is 0 Å². The van der Waals surface area contributed by atoms with Crippen LogP contribution in [0.3, 0.4) is 0 Å². The van der Waals surface area contributed by atoms with Gasteiger partial charge in [0.2, 0.25) is 6.29 Å². The van der Waals surface area contributed by atoms with Crippen molar-refractivity contribution in [3.05, 3.63) is 71.8 Å². The summed E-state index contributed by atoms with van der Waals surface area (Å²) < 4.78 is 10.3. The second-order valence-corrected chi connectivity index (χ2v) is 5.72. The minimum absolute atomic E-state index is 0.0853. The van der Waals surface area contributed by atoms with Crippen LogP contribution in [0.4, 0.5) is 0 Å². The van der Waals surface area contributed by atoms with E-state index in [2.05, 4.69) is 0 Å². The molecule has 142 valence electrons. The van der Waals surface area contributed by atoms with Crippen LogP contribution in [0.5, 0.6) is 0 Å². The van der Waals surface area contributed by atoms with Crippen LogP contribution in [0, 0.1) is 0 Å². The smallest absolute Gasteiger partial charge is 0.381 e. The number of aliphatic hydroxyl groups is 1. The Hall–Kier alpha value is -3.03.